The molecule has 16 heteroatoms. The SMILES string of the molecule is [2H]C(C[C@]1(COC(C)=O)O[C@@H](n2ccc(=O)[nH]c2=O)[C@H](OC(C)=O)[C@@H]1OC(C)=O)NC(=O)C(F)(F)F. The van der Waals surface area contributed by atoms with Crippen LogP contribution in [-0.4, -0.2) is 70.5 Å². The molecule has 1 aliphatic rings. The van der Waals surface area contributed by atoms with Gasteiger partial charge in [0.2, 0.25) is 0 Å². The first-order valence-corrected chi connectivity index (χ1v) is 9.83. The highest BCUT2D eigenvalue weighted by molar-refractivity contribution is 5.81. The average molecular weight is 510 g/mol. The van der Waals surface area contributed by atoms with Gasteiger partial charge in [-0.25, -0.2) is 4.79 Å². The Kier molecular flexibility index (Phi) is 7.93. The van der Waals surface area contributed by atoms with Crippen LogP contribution in [0, 0.1) is 0 Å². The van der Waals surface area contributed by atoms with E-state index in [4.69, 9.17) is 20.3 Å². The quantitative estimate of drug-likeness (QED) is 0.336. The molecule has 0 bridgehead atoms. The number of aromatic nitrogens is 2. The topological polar surface area (TPSA) is 172 Å². The number of halogens is 3. The van der Waals surface area contributed by atoms with Crippen LogP contribution in [-0.2, 0) is 38.1 Å². The number of rotatable bonds is 8. The molecule has 0 aliphatic carbocycles. The number of ether oxygens (including phenoxy) is 4. The van der Waals surface area contributed by atoms with Crippen molar-refractivity contribution in [2.75, 3.05) is 13.1 Å². The van der Waals surface area contributed by atoms with Crippen molar-refractivity contribution in [2.45, 2.75) is 57.4 Å². The number of nitrogens with zero attached hydrogens (tertiary/aromatic N) is 1. The number of hydrogen-bond donors (Lipinski definition) is 2. The van der Waals surface area contributed by atoms with Crippen LogP contribution in [0.4, 0.5) is 13.2 Å². The number of amides is 1. The minimum Gasteiger partial charge on any atom is -0.463 e. The zero-order valence-electron chi connectivity index (χ0n) is 19.5. The maximum atomic E-state index is 12.7. The number of nitrogens with one attached hydrogen (secondary N) is 2. The first-order valence-electron chi connectivity index (χ1n) is 10.4. The van der Waals surface area contributed by atoms with E-state index in [1.165, 1.54) is 5.32 Å². The summed E-state index contributed by atoms with van der Waals surface area (Å²) in [5.74, 6) is -5.33. The maximum Gasteiger partial charge on any atom is 0.471 e. The third-order valence-electron chi connectivity index (χ3n) is 4.63. The summed E-state index contributed by atoms with van der Waals surface area (Å²) in [5, 5.41) is 1.38. The first kappa shape index (κ1) is 25.9. The van der Waals surface area contributed by atoms with Crippen LogP contribution in [0.1, 0.15) is 34.8 Å². The van der Waals surface area contributed by atoms with E-state index in [0.717, 1.165) is 37.6 Å². The summed E-state index contributed by atoms with van der Waals surface area (Å²) in [7, 11) is 0. The van der Waals surface area contributed by atoms with Gasteiger partial charge in [-0.15, -0.1) is 0 Å². The van der Waals surface area contributed by atoms with E-state index in [2.05, 4.69) is 0 Å². The van der Waals surface area contributed by atoms with Crippen LogP contribution >= 0.6 is 0 Å². The molecule has 2 rings (SSSR count). The Hall–Kier alpha value is -3.69. The van der Waals surface area contributed by atoms with Gasteiger partial charge in [0.15, 0.2) is 18.4 Å². The Balaban J connectivity index is 2.63. The predicted octanol–water partition coefficient (Wildman–Crippen LogP) is -0.701. The van der Waals surface area contributed by atoms with E-state index in [1.807, 2.05) is 4.98 Å². The van der Waals surface area contributed by atoms with Crippen LogP contribution in [0.15, 0.2) is 21.9 Å². The highest BCUT2D eigenvalue weighted by atomic mass is 19.4. The maximum absolute atomic E-state index is 12.7. The lowest BCUT2D eigenvalue weighted by molar-refractivity contribution is -0.181. The molecule has 2 N–H and O–H groups in total. The molecular formula is C19H22F3N3O10. The average Bonchev–Trinajstić information content (AvgIpc) is 2.98. The Labute approximate surface area is 195 Å². The van der Waals surface area contributed by atoms with E-state index >= 15 is 0 Å². The molecule has 0 spiro atoms. The summed E-state index contributed by atoms with van der Waals surface area (Å²) in [6.07, 6.45) is -10.4. The molecule has 13 nitrogen and oxygen atoms in total. The molecule has 1 amide bonds. The van der Waals surface area contributed by atoms with E-state index in [9.17, 15) is 41.9 Å². The molecule has 194 valence electrons. The minimum absolute atomic E-state index is 0.730. The molecule has 35 heavy (non-hydrogen) atoms. The van der Waals surface area contributed by atoms with Gasteiger partial charge in [0.1, 0.15) is 12.2 Å². The molecule has 1 saturated heterocycles. The van der Waals surface area contributed by atoms with Gasteiger partial charge in [-0.1, -0.05) is 0 Å². The second-order valence-corrected chi connectivity index (χ2v) is 7.35. The Morgan fingerprint density at radius 3 is 2.31 bits per heavy atom. The highest BCUT2D eigenvalue weighted by Crippen LogP contribution is 2.43. The molecule has 2 heterocycles. The number of carbonyl (C=O) groups excluding carboxylic acids is 4. The number of alkyl halides is 3. The second-order valence-electron chi connectivity index (χ2n) is 7.35. The lowest BCUT2D eigenvalue weighted by Crippen LogP contribution is -2.52. The van der Waals surface area contributed by atoms with Crippen LogP contribution in [0.5, 0.6) is 0 Å². The molecule has 0 radical (unpaired) electrons. The lowest BCUT2D eigenvalue weighted by Gasteiger charge is -2.33. The summed E-state index contributed by atoms with van der Waals surface area (Å²) in [5.41, 5.74) is -4.08. The number of carbonyl (C=O) groups is 4. The zero-order chi connectivity index (χ0) is 27.4. The number of esters is 3. The van der Waals surface area contributed by atoms with Gasteiger partial charge in [-0.3, -0.25) is 33.5 Å². The second kappa shape index (κ2) is 10.7. The van der Waals surface area contributed by atoms with Crippen molar-refractivity contribution < 1.29 is 52.7 Å². The van der Waals surface area contributed by atoms with Gasteiger partial charge in [-0.05, 0) is 0 Å². The standard InChI is InChI=1S/C19H22F3N3O10/c1-9(26)32-8-18(5-6-23-16(30)19(20,21)22)14(34-11(3)28)13(33-10(2)27)15(35-18)25-7-4-12(29)24-17(25)31/h4,7,13-15H,5-6,8H2,1-3H3,(H,23,30)(H,24,29,31)/t13-,14+,15-,18-/m1/s1/i6D/t6?,13-,14+,15-,18-. The monoisotopic (exact) mass is 510 g/mol. The molecule has 1 aromatic rings. The summed E-state index contributed by atoms with van der Waals surface area (Å²) >= 11 is 0. The molecule has 0 aromatic carbocycles. The van der Waals surface area contributed by atoms with Crippen molar-refractivity contribution in [3.63, 3.8) is 0 Å². The Morgan fingerprint density at radius 1 is 1.17 bits per heavy atom. The summed E-state index contributed by atoms with van der Waals surface area (Å²) in [6.45, 7) is -0.0631. The van der Waals surface area contributed by atoms with Crippen molar-refractivity contribution in [3.05, 3.63) is 33.1 Å². The van der Waals surface area contributed by atoms with Gasteiger partial charge >= 0.3 is 35.7 Å². The summed E-state index contributed by atoms with van der Waals surface area (Å²) in [6, 6.07) is 0.902. The van der Waals surface area contributed by atoms with Crippen molar-refractivity contribution in [3.8, 4) is 0 Å². The normalized spacial score (nSPS) is 25.2. The molecule has 5 atom stereocenters. The van der Waals surface area contributed by atoms with E-state index < -0.39 is 84.8 Å². The molecule has 1 fully saturated rings. The van der Waals surface area contributed by atoms with Crippen molar-refractivity contribution in [2.24, 2.45) is 0 Å². The molecule has 1 unspecified atom stereocenters. The fourth-order valence-electron chi connectivity index (χ4n) is 3.29. The third kappa shape index (κ3) is 6.91. The third-order valence-corrected chi connectivity index (χ3v) is 4.63. The van der Waals surface area contributed by atoms with Gasteiger partial charge in [-0.2, -0.15) is 13.2 Å². The van der Waals surface area contributed by atoms with E-state index in [1.54, 1.807) is 0 Å². The van der Waals surface area contributed by atoms with Crippen LogP contribution in [0.2, 0.25) is 0 Å². The van der Waals surface area contributed by atoms with Gasteiger partial charge < -0.3 is 24.3 Å². The first-order chi connectivity index (χ1) is 16.6. The molecular weight excluding hydrogens is 487 g/mol. The van der Waals surface area contributed by atoms with E-state index in [-0.39, 0.29) is 0 Å². The van der Waals surface area contributed by atoms with Crippen molar-refractivity contribution in [1.82, 2.24) is 14.9 Å². The van der Waals surface area contributed by atoms with Crippen molar-refractivity contribution >= 4 is 23.8 Å². The van der Waals surface area contributed by atoms with Crippen molar-refractivity contribution in [1.29, 1.82) is 0 Å². The zero-order valence-corrected chi connectivity index (χ0v) is 18.5. The Morgan fingerprint density at radius 2 is 1.80 bits per heavy atom. The smallest absolute Gasteiger partial charge is 0.463 e. The summed E-state index contributed by atoms with van der Waals surface area (Å²) < 4.78 is 68.0. The highest BCUT2D eigenvalue weighted by Gasteiger charge is 2.60. The minimum atomic E-state index is -5.33. The van der Waals surface area contributed by atoms with Gasteiger partial charge in [0, 0.05) is 47.3 Å². The summed E-state index contributed by atoms with van der Waals surface area (Å²) in [4.78, 5) is 72.4. The van der Waals surface area contributed by atoms with Gasteiger partial charge in [0.05, 0.1) is 0 Å². The molecule has 0 saturated carbocycles. The van der Waals surface area contributed by atoms with Crippen LogP contribution < -0.4 is 16.6 Å². The molecule has 1 aliphatic heterocycles. The predicted molar refractivity (Wildman–Crippen MR) is 106 cm³/mol. The number of aromatic amines is 1. The lowest BCUT2D eigenvalue weighted by atomic mass is 9.91. The fraction of sp³-hybridized carbons (Fsp3) is 0.579. The van der Waals surface area contributed by atoms with E-state index in [0.29, 0.717) is 0 Å². The van der Waals surface area contributed by atoms with Crippen LogP contribution in [0.3, 0.4) is 0 Å². The molecule has 1 aromatic heterocycles. The Bertz CT molecular complexity index is 1140. The number of hydrogen-bond acceptors (Lipinski definition) is 10. The van der Waals surface area contributed by atoms with Gasteiger partial charge in [0.25, 0.3) is 5.56 Å². The van der Waals surface area contributed by atoms with Crippen LogP contribution in [0.25, 0.3) is 0 Å². The largest absolute Gasteiger partial charge is 0.471 e. The fourth-order valence-corrected chi connectivity index (χ4v) is 3.29. The number of H-pyrrole nitrogens is 1.